The van der Waals surface area contributed by atoms with Crippen molar-refractivity contribution in [2.24, 2.45) is 5.10 Å². The Kier molecular flexibility index (Phi) is 4.21. The lowest BCUT2D eigenvalue weighted by atomic mass is 10.2. The first-order valence-corrected chi connectivity index (χ1v) is 4.69. The molecule has 0 spiro atoms. The number of hydrazone groups is 1. The molecule has 68 valence electrons. The van der Waals surface area contributed by atoms with Crippen LogP contribution in [0.4, 0.5) is 0 Å². The molecule has 0 bridgehead atoms. The number of halogens is 1. The molecule has 0 fully saturated rings. The second-order valence-electron chi connectivity index (χ2n) is 2.23. The van der Waals surface area contributed by atoms with Gasteiger partial charge in [-0.25, -0.2) is 0 Å². The summed E-state index contributed by atoms with van der Waals surface area (Å²) in [7, 11) is 0. The molecule has 0 amide bonds. The van der Waals surface area contributed by atoms with Gasteiger partial charge >= 0.3 is 0 Å². The van der Waals surface area contributed by atoms with Crippen LogP contribution in [0, 0.1) is 0 Å². The Bertz CT molecular complexity index is 321. The minimum absolute atomic E-state index is 0.338. The van der Waals surface area contributed by atoms with Gasteiger partial charge in [0, 0.05) is 5.02 Å². The summed E-state index contributed by atoms with van der Waals surface area (Å²) in [5.74, 6) is 0. The first kappa shape index (κ1) is 10.5. The van der Waals surface area contributed by atoms with Gasteiger partial charge in [0.05, 0.1) is 6.21 Å². The molecule has 1 rings (SSSR count). The lowest BCUT2D eigenvalue weighted by molar-refractivity contribution is 1.07. The van der Waals surface area contributed by atoms with Crippen LogP contribution in [0.1, 0.15) is 5.56 Å². The Labute approximate surface area is 92.4 Å². The van der Waals surface area contributed by atoms with Gasteiger partial charge in [0.15, 0.2) is 4.32 Å². The fraction of sp³-hybridized carbons (Fsp3) is 0. The van der Waals surface area contributed by atoms with Crippen LogP contribution >= 0.6 is 36.4 Å². The van der Waals surface area contributed by atoms with Gasteiger partial charge in [0.2, 0.25) is 0 Å². The number of benzene rings is 1. The van der Waals surface area contributed by atoms with Crippen LogP contribution in [0.15, 0.2) is 29.4 Å². The van der Waals surface area contributed by atoms with Gasteiger partial charge in [-0.2, -0.15) is 5.10 Å². The quantitative estimate of drug-likeness (QED) is 0.353. The third kappa shape index (κ3) is 4.26. The fourth-order valence-corrected chi connectivity index (χ4v) is 0.947. The van der Waals surface area contributed by atoms with Gasteiger partial charge in [-0.1, -0.05) is 36.0 Å². The highest BCUT2D eigenvalue weighted by molar-refractivity contribution is 8.11. The van der Waals surface area contributed by atoms with Crippen LogP contribution in [0.25, 0.3) is 0 Å². The fourth-order valence-electron chi connectivity index (χ4n) is 0.711. The molecule has 0 radical (unpaired) electrons. The number of nitrogens with one attached hydrogen (secondary N) is 1. The van der Waals surface area contributed by atoms with Crippen molar-refractivity contribution in [1.82, 2.24) is 5.43 Å². The van der Waals surface area contributed by atoms with Gasteiger partial charge in [-0.15, -0.1) is 12.6 Å². The SMILES string of the molecule is S=C(S)N/N=C/c1ccc(Cl)cc1. The second-order valence-corrected chi connectivity index (χ2v) is 3.82. The summed E-state index contributed by atoms with van der Waals surface area (Å²) in [5.41, 5.74) is 3.49. The maximum absolute atomic E-state index is 5.70. The summed E-state index contributed by atoms with van der Waals surface area (Å²) in [5, 5.41) is 4.54. The molecule has 0 aliphatic rings. The summed E-state index contributed by atoms with van der Waals surface area (Å²) in [6.45, 7) is 0. The highest BCUT2D eigenvalue weighted by Crippen LogP contribution is 2.07. The highest BCUT2D eigenvalue weighted by atomic mass is 35.5. The number of thiocarbonyl (C=S) groups is 1. The van der Waals surface area contributed by atoms with E-state index < -0.39 is 0 Å². The van der Waals surface area contributed by atoms with Gasteiger partial charge < -0.3 is 0 Å². The summed E-state index contributed by atoms with van der Waals surface area (Å²) < 4.78 is 0.338. The van der Waals surface area contributed by atoms with Gasteiger partial charge in [-0.05, 0) is 17.7 Å². The van der Waals surface area contributed by atoms with Crippen molar-refractivity contribution in [2.45, 2.75) is 0 Å². The predicted octanol–water partition coefficient (Wildman–Crippen LogP) is 2.48. The average Bonchev–Trinajstić information content (AvgIpc) is 2.08. The number of thiol groups is 1. The zero-order chi connectivity index (χ0) is 9.68. The third-order valence-electron chi connectivity index (χ3n) is 1.24. The van der Waals surface area contributed by atoms with E-state index in [4.69, 9.17) is 11.6 Å². The smallest absolute Gasteiger partial charge is 0.150 e. The Balaban J connectivity index is 2.59. The van der Waals surface area contributed by atoms with Crippen LogP contribution in [0.2, 0.25) is 5.02 Å². The molecular weight excluding hydrogens is 224 g/mol. The lowest BCUT2D eigenvalue weighted by Gasteiger charge is -1.94. The zero-order valence-electron chi connectivity index (χ0n) is 6.57. The first-order valence-electron chi connectivity index (χ1n) is 3.46. The molecule has 0 saturated carbocycles. The van der Waals surface area contributed by atoms with Crippen molar-refractivity contribution in [3.8, 4) is 0 Å². The van der Waals surface area contributed by atoms with Crippen molar-refractivity contribution >= 4 is 47.0 Å². The van der Waals surface area contributed by atoms with Crippen molar-refractivity contribution in [3.63, 3.8) is 0 Å². The molecule has 0 saturated heterocycles. The van der Waals surface area contributed by atoms with Crippen molar-refractivity contribution in [2.75, 3.05) is 0 Å². The van der Waals surface area contributed by atoms with Gasteiger partial charge in [0.25, 0.3) is 0 Å². The number of rotatable bonds is 2. The van der Waals surface area contributed by atoms with E-state index in [1.807, 2.05) is 12.1 Å². The summed E-state index contributed by atoms with van der Waals surface area (Å²) in [6, 6.07) is 7.30. The van der Waals surface area contributed by atoms with Gasteiger partial charge in [0.1, 0.15) is 0 Å². The Hall–Kier alpha value is -0.580. The van der Waals surface area contributed by atoms with E-state index in [9.17, 15) is 0 Å². The molecule has 5 heteroatoms. The first-order chi connectivity index (χ1) is 6.18. The monoisotopic (exact) mass is 230 g/mol. The molecule has 1 N–H and O–H groups in total. The van der Waals surface area contributed by atoms with E-state index in [-0.39, 0.29) is 0 Å². The Morgan fingerprint density at radius 2 is 2.08 bits per heavy atom. The lowest BCUT2D eigenvalue weighted by Crippen LogP contribution is -2.07. The number of hydrogen-bond donors (Lipinski definition) is 2. The zero-order valence-corrected chi connectivity index (χ0v) is 9.03. The second kappa shape index (κ2) is 5.21. The Morgan fingerprint density at radius 1 is 1.46 bits per heavy atom. The normalized spacial score (nSPS) is 10.3. The van der Waals surface area contributed by atoms with Crippen LogP contribution in [0.3, 0.4) is 0 Å². The minimum Gasteiger partial charge on any atom is -0.263 e. The highest BCUT2D eigenvalue weighted by Gasteiger charge is 1.87. The number of nitrogens with zero attached hydrogens (tertiary/aromatic N) is 1. The summed E-state index contributed by atoms with van der Waals surface area (Å²) in [6.07, 6.45) is 1.64. The molecule has 0 unspecified atom stereocenters. The van der Waals surface area contributed by atoms with Crippen LogP contribution in [0.5, 0.6) is 0 Å². The largest absolute Gasteiger partial charge is 0.263 e. The molecule has 2 nitrogen and oxygen atoms in total. The van der Waals surface area contributed by atoms with E-state index in [1.165, 1.54) is 0 Å². The predicted molar refractivity (Wildman–Crippen MR) is 63.8 cm³/mol. The summed E-state index contributed by atoms with van der Waals surface area (Å²) in [4.78, 5) is 0. The molecule has 0 atom stereocenters. The number of hydrogen-bond acceptors (Lipinski definition) is 2. The van der Waals surface area contributed by atoms with Crippen LogP contribution < -0.4 is 5.43 Å². The third-order valence-corrected chi connectivity index (χ3v) is 1.69. The molecule has 13 heavy (non-hydrogen) atoms. The maximum Gasteiger partial charge on any atom is 0.150 e. The average molecular weight is 231 g/mol. The Morgan fingerprint density at radius 3 is 2.62 bits per heavy atom. The van der Waals surface area contributed by atoms with E-state index in [0.717, 1.165) is 5.56 Å². The molecular formula is C8H7ClN2S2. The molecule has 1 aromatic carbocycles. The van der Waals surface area contributed by atoms with Gasteiger partial charge in [-0.3, -0.25) is 5.43 Å². The molecule has 0 aromatic heterocycles. The molecule has 0 aliphatic carbocycles. The van der Waals surface area contributed by atoms with E-state index >= 15 is 0 Å². The maximum atomic E-state index is 5.70. The minimum atomic E-state index is 0.338. The van der Waals surface area contributed by atoms with Crippen LogP contribution in [-0.2, 0) is 0 Å². The van der Waals surface area contributed by atoms with Crippen LogP contribution in [-0.4, -0.2) is 10.5 Å². The van der Waals surface area contributed by atoms with Crippen molar-refractivity contribution < 1.29 is 0 Å². The van der Waals surface area contributed by atoms with E-state index in [2.05, 4.69) is 35.4 Å². The molecule has 0 heterocycles. The topological polar surface area (TPSA) is 24.4 Å². The van der Waals surface area contributed by atoms with E-state index in [0.29, 0.717) is 9.34 Å². The standard InChI is InChI=1S/C8H7ClN2S2/c9-7-3-1-6(2-4-7)5-10-11-8(12)13/h1-5H,(H2,11,12,13)/b10-5+. The van der Waals surface area contributed by atoms with Crippen molar-refractivity contribution in [3.05, 3.63) is 34.9 Å². The van der Waals surface area contributed by atoms with Crippen molar-refractivity contribution in [1.29, 1.82) is 0 Å². The molecule has 0 aliphatic heterocycles. The van der Waals surface area contributed by atoms with E-state index in [1.54, 1.807) is 18.3 Å². The molecule has 1 aromatic rings. The summed E-state index contributed by atoms with van der Waals surface area (Å²) >= 11 is 14.2.